The van der Waals surface area contributed by atoms with Gasteiger partial charge in [0, 0.05) is 28.1 Å². The summed E-state index contributed by atoms with van der Waals surface area (Å²) in [5, 5.41) is 14.5. The molecule has 3 rings (SSSR count). The molecule has 0 saturated carbocycles. The number of aliphatic hydroxyl groups is 1. The van der Waals surface area contributed by atoms with Gasteiger partial charge in [0.1, 0.15) is 0 Å². The first kappa shape index (κ1) is 10.4. The highest BCUT2D eigenvalue weighted by molar-refractivity contribution is 7.08. The fourth-order valence-corrected chi connectivity index (χ4v) is 2.47. The Morgan fingerprint density at radius 1 is 1.29 bits per heavy atom. The zero-order valence-corrected chi connectivity index (χ0v) is 9.81. The van der Waals surface area contributed by atoms with Crippen molar-refractivity contribution in [2.45, 2.75) is 6.61 Å². The van der Waals surface area contributed by atoms with Gasteiger partial charge in [0.25, 0.3) is 0 Å². The van der Waals surface area contributed by atoms with Crippen molar-refractivity contribution in [3.63, 3.8) is 0 Å². The number of hydrogen-bond donors (Lipinski definition) is 1. The van der Waals surface area contributed by atoms with E-state index in [-0.39, 0.29) is 6.61 Å². The van der Waals surface area contributed by atoms with E-state index in [9.17, 15) is 5.11 Å². The molecular weight excluding hydrogens is 232 g/mol. The lowest BCUT2D eigenvalue weighted by molar-refractivity contribution is 0.282. The van der Waals surface area contributed by atoms with E-state index >= 15 is 0 Å². The zero-order chi connectivity index (χ0) is 11.7. The third-order valence-corrected chi connectivity index (χ3v) is 3.35. The topological polar surface area (TPSA) is 46.0 Å². The molecule has 3 aromatic rings. The first-order chi connectivity index (χ1) is 8.38. The third kappa shape index (κ3) is 1.81. The van der Waals surface area contributed by atoms with Crippen molar-refractivity contribution in [1.29, 1.82) is 0 Å². The Morgan fingerprint density at radius 2 is 2.24 bits per heavy atom. The Labute approximate surface area is 102 Å². The highest BCUT2D eigenvalue weighted by Crippen LogP contribution is 2.26. The number of aromatic nitrogens is 2. The van der Waals surface area contributed by atoms with E-state index in [4.69, 9.17) is 0 Å². The van der Waals surface area contributed by atoms with Crippen LogP contribution in [0.3, 0.4) is 0 Å². The van der Waals surface area contributed by atoms with Gasteiger partial charge < -0.3 is 5.11 Å². The van der Waals surface area contributed by atoms with Crippen LogP contribution >= 0.6 is 11.3 Å². The van der Waals surface area contributed by atoms with Gasteiger partial charge in [-0.25, -0.2) is 4.98 Å². The Kier molecular flexibility index (Phi) is 2.59. The van der Waals surface area contributed by atoms with Crippen molar-refractivity contribution in [3.05, 3.63) is 46.9 Å². The maximum atomic E-state index is 9.42. The van der Waals surface area contributed by atoms with Crippen LogP contribution in [0.25, 0.3) is 22.2 Å². The maximum absolute atomic E-state index is 9.42. The van der Waals surface area contributed by atoms with Crippen molar-refractivity contribution in [2.24, 2.45) is 0 Å². The summed E-state index contributed by atoms with van der Waals surface area (Å²) in [4.78, 5) is 8.64. The minimum Gasteiger partial charge on any atom is -0.392 e. The van der Waals surface area contributed by atoms with Gasteiger partial charge in [-0.15, -0.1) is 0 Å². The van der Waals surface area contributed by atoms with Crippen LogP contribution < -0.4 is 0 Å². The van der Waals surface area contributed by atoms with Gasteiger partial charge in [0.05, 0.1) is 24.0 Å². The molecular formula is C13H10N2OS. The van der Waals surface area contributed by atoms with Crippen LogP contribution in [0.5, 0.6) is 0 Å². The second-order valence-corrected chi connectivity index (χ2v) is 4.51. The minimum absolute atomic E-state index is 0.00353. The molecule has 0 aromatic carbocycles. The normalized spacial score (nSPS) is 10.9. The second kappa shape index (κ2) is 4.24. The number of fused-ring (bicyclic) bond motifs is 1. The van der Waals surface area contributed by atoms with Crippen molar-refractivity contribution < 1.29 is 5.11 Å². The summed E-state index contributed by atoms with van der Waals surface area (Å²) in [6, 6.07) is 5.88. The Bertz CT molecular complexity index is 650. The molecule has 0 atom stereocenters. The SMILES string of the molecule is OCc1cc2ccncc2nc1-c1ccsc1. The summed E-state index contributed by atoms with van der Waals surface area (Å²) in [6.07, 6.45) is 3.47. The predicted octanol–water partition coefficient (Wildman–Crippen LogP) is 2.85. The van der Waals surface area contributed by atoms with E-state index < -0.39 is 0 Å². The Hall–Kier alpha value is -1.78. The Balaban J connectivity index is 2.29. The molecule has 3 aromatic heterocycles. The molecule has 0 radical (unpaired) electrons. The number of thiophene rings is 1. The van der Waals surface area contributed by atoms with Gasteiger partial charge in [0.2, 0.25) is 0 Å². The molecule has 0 saturated heterocycles. The van der Waals surface area contributed by atoms with Crippen LogP contribution in [0, 0.1) is 0 Å². The van der Waals surface area contributed by atoms with Crippen LogP contribution in [-0.4, -0.2) is 15.1 Å². The van der Waals surface area contributed by atoms with E-state index in [1.165, 1.54) is 0 Å². The molecule has 17 heavy (non-hydrogen) atoms. The summed E-state index contributed by atoms with van der Waals surface area (Å²) in [5.41, 5.74) is 3.59. The van der Waals surface area contributed by atoms with Crippen LogP contribution in [0.1, 0.15) is 5.56 Å². The summed E-state index contributed by atoms with van der Waals surface area (Å²) >= 11 is 1.62. The highest BCUT2D eigenvalue weighted by Gasteiger charge is 2.08. The fourth-order valence-electron chi connectivity index (χ4n) is 1.83. The molecule has 3 nitrogen and oxygen atoms in total. The summed E-state index contributed by atoms with van der Waals surface area (Å²) in [6.45, 7) is -0.00353. The lowest BCUT2D eigenvalue weighted by atomic mass is 10.1. The molecule has 3 heterocycles. The first-order valence-electron chi connectivity index (χ1n) is 5.25. The second-order valence-electron chi connectivity index (χ2n) is 3.73. The first-order valence-corrected chi connectivity index (χ1v) is 6.20. The Morgan fingerprint density at radius 3 is 3.00 bits per heavy atom. The van der Waals surface area contributed by atoms with Crippen molar-refractivity contribution in [2.75, 3.05) is 0 Å². The van der Waals surface area contributed by atoms with Crippen molar-refractivity contribution >= 4 is 22.2 Å². The number of hydrogen-bond acceptors (Lipinski definition) is 4. The summed E-state index contributed by atoms with van der Waals surface area (Å²) in [7, 11) is 0. The van der Waals surface area contributed by atoms with Gasteiger partial charge >= 0.3 is 0 Å². The largest absolute Gasteiger partial charge is 0.392 e. The minimum atomic E-state index is -0.00353. The van der Waals surface area contributed by atoms with E-state index in [1.54, 1.807) is 23.7 Å². The van der Waals surface area contributed by atoms with Gasteiger partial charge in [-0.2, -0.15) is 11.3 Å². The zero-order valence-electron chi connectivity index (χ0n) is 9.00. The average molecular weight is 242 g/mol. The van der Waals surface area contributed by atoms with Crippen LogP contribution in [-0.2, 0) is 6.61 Å². The third-order valence-electron chi connectivity index (χ3n) is 2.66. The summed E-state index contributed by atoms with van der Waals surface area (Å²) < 4.78 is 0. The number of rotatable bonds is 2. The molecule has 0 aliphatic rings. The number of aliphatic hydroxyl groups excluding tert-OH is 1. The molecule has 0 fully saturated rings. The summed E-state index contributed by atoms with van der Waals surface area (Å²) in [5.74, 6) is 0. The molecule has 0 bridgehead atoms. The predicted molar refractivity (Wildman–Crippen MR) is 68.8 cm³/mol. The van der Waals surface area contributed by atoms with Crippen LogP contribution in [0.4, 0.5) is 0 Å². The highest BCUT2D eigenvalue weighted by atomic mass is 32.1. The molecule has 1 N–H and O–H groups in total. The lowest BCUT2D eigenvalue weighted by Gasteiger charge is -2.06. The van der Waals surface area contributed by atoms with Gasteiger partial charge in [-0.05, 0) is 23.6 Å². The molecule has 0 amide bonds. The van der Waals surface area contributed by atoms with E-state index in [2.05, 4.69) is 9.97 Å². The smallest absolute Gasteiger partial charge is 0.0892 e. The fraction of sp³-hybridized carbons (Fsp3) is 0.0769. The molecule has 0 aliphatic carbocycles. The van der Waals surface area contributed by atoms with E-state index in [1.807, 2.05) is 29.0 Å². The molecule has 0 unspecified atom stereocenters. The lowest BCUT2D eigenvalue weighted by Crippen LogP contribution is -1.94. The molecule has 0 aliphatic heterocycles. The maximum Gasteiger partial charge on any atom is 0.0892 e. The van der Waals surface area contributed by atoms with Gasteiger partial charge in [-0.3, -0.25) is 4.98 Å². The van der Waals surface area contributed by atoms with Crippen molar-refractivity contribution in [1.82, 2.24) is 9.97 Å². The van der Waals surface area contributed by atoms with E-state index in [0.717, 1.165) is 27.7 Å². The van der Waals surface area contributed by atoms with Crippen LogP contribution in [0.2, 0.25) is 0 Å². The number of pyridine rings is 2. The molecule has 4 heteroatoms. The van der Waals surface area contributed by atoms with Crippen molar-refractivity contribution in [3.8, 4) is 11.3 Å². The van der Waals surface area contributed by atoms with Gasteiger partial charge in [-0.1, -0.05) is 0 Å². The average Bonchev–Trinajstić information content (AvgIpc) is 2.91. The monoisotopic (exact) mass is 242 g/mol. The van der Waals surface area contributed by atoms with Crippen LogP contribution in [0.15, 0.2) is 41.4 Å². The quantitative estimate of drug-likeness (QED) is 0.751. The van der Waals surface area contributed by atoms with E-state index in [0.29, 0.717) is 0 Å². The molecule has 84 valence electrons. The number of nitrogens with zero attached hydrogens (tertiary/aromatic N) is 2. The molecule has 0 spiro atoms. The standard InChI is InChI=1S/C13H10N2OS/c16-7-11-5-9-1-3-14-6-12(9)15-13(11)10-2-4-17-8-10/h1-6,8,16H,7H2. The van der Waals surface area contributed by atoms with Gasteiger partial charge in [0.15, 0.2) is 0 Å².